The third-order valence-electron chi connectivity index (χ3n) is 3.70. The highest BCUT2D eigenvalue weighted by Gasteiger charge is 2.19. The maximum absolute atomic E-state index is 9.83. The molecule has 2 aromatic rings. The summed E-state index contributed by atoms with van der Waals surface area (Å²) in [4.78, 5) is 9.48. The van der Waals surface area contributed by atoms with E-state index >= 15 is 0 Å². The van der Waals surface area contributed by atoms with Crippen molar-refractivity contribution in [3.8, 4) is 11.5 Å². The van der Waals surface area contributed by atoms with Crippen LogP contribution in [0, 0.1) is 0 Å². The minimum atomic E-state index is -0.441. The second-order valence-corrected chi connectivity index (χ2v) is 5.36. The number of nitrogens with zero attached hydrogens (tertiary/aromatic N) is 3. The number of fused-ring (bicyclic) bond motifs is 4. The lowest BCUT2D eigenvalue weighted by Gasteiger charge is -2.16. The van der Waals surface area contributed by atoms with Crippen molar-refractivity contribution in [1.82, 2.24) is 14.5 Å². The molecule has 0 bridgehead atoms. The zero-order valence-electron chi connectivity index (χ0n) is 11.7. The van der Waals surface area contributed by atoms with Crippen LogP contribution in [0.4, 0.5) is 0 Å². The molecule has 0 spiro atoms. The second kappa shape index (κ2) is 4.53. The van der Waals surface area contributed by atoms with Gasteiger partial charge in [-0.05, 0) is 25.1 Å². The summed E-state index contributed by atoms with van der Waals surface area (Å²) < 4.78 is 2.06. The lowest BCUT2D eigenvalue weighted by molar-refractivity contribution is 0.175. The van der Waals surface area contributed by atoms with Gasteiger partial charge in [0.05, 0.1) is 29.2 Å². The first-order valence-electron chi connectivity index (χ1n) is 7.06. The van der Waals surface area contributed by atoms with Crippen LogP contribution < -0.4 is 0 Å². The largest absolute Gasteiger partial charge is 0.392 e. The summed E-state index contributed by atoms with van der Waals surface area (Å²) >= 11 is 0. The molecule has 0 aliphatic carbocycles. The number of hydrogen-bond donors (Lipinski definition) is 1. The van der Waals surface area contributed by atoms with Gasteiger partial charge in [-0.3, -0.25) is 0 Å². The van der Waals surface area contributed by atoms with Crippen LogP contribution in [0.2, 0.25) is 0 Å². The second-order valence-electron chi connectivity index (χ2n) is 5.36. The van der Waals surface area contributed by atoms with Crippen molar-refractivity contribution in [1.29, 1.82) is 0 Å². The molecule has 0 saturated heterocycles. The van der Waals surface area contributed by atoms with Gasteiger partial charge in [-0.1, -0.05) is 30.3 Å². The molecule has 4 heteroatoms. The predicted octanol–water partition coefficient (Wildman–Crippen LogP) is 3.07. The van der Waals surface area contributed by atoms with E-state index in [1.165, 1.54) is 0 Å². The van der Waals surface area contributed by atoms with Crippen LogP contribution in [0.15, 0.2) is 48.5 Å². The molecular weight excluding hydrogens is 262 g/mol. The average molecular weight is 277 g/mol. The molecule has 2 heterocycles. The molecule has 1 unspecified atom stereocenters. The summed E-state index contributed by atoms with van der Waals surface area (Å²) in [5.74, 6) is 0.829. The number of para-hydroxylation sites is 3. The molecule has 0 fully saturated rings. The van der Waals surface area contributed by atoms with Crippen molar-refractivity contribution in [2.24, 2.45) is 0 Å². The minimum Gasteiger partial charge on any atom is -0.392 e. The maximum Gasteiger partial charge on any atom is 0.160 e. The van der Waals surface area contributed by atoms with Gasteiger partial charge in [0, 0.05) is 5.39 Å². The third kappa shape index (κ3) is 1.87. The monoisotopic (exact) mass is 277 g/mol. The fourth-order valence-corrected chi connectivity index (χ4v) is 2.83. The fraction of sp³-hybridized carbons (Fsp3) is 0.176. The zero-order chi connectivity index (χ0) is 14.4. The Kier molecular flexibility index (Phi) is 2.65. The Bertz CT molecular complexity index is 910. The molecule has 104 valence electrons. The Labute approximate surface area is 122 Å². The third-order valence-corrected chi connectivity index (χ3v) is 3.70. The number of benzene rings is 2. The molecule has 2 aromatic carbocycles. The van der Waals surface area contributed by atoms with E-state index in [2.05, 4.69) is 4.57 Å². The maximum atomic E-state index is 9.83. The molecule has 0 aromatic heterocycles. The Balaban J connectivity index is 2.16. The van der Waals surface area contributed by atoms with Gasteiger partial charge in [-0.15, -0.1) is 0 Å². The highest BCUT2D eigenvalue weighted by atomic mass is 16.3. The molecule has 0 saturated carbocycles. The smallest absolute Gasteiger partial charge is 0.160 e. The van der Waals surface area contributed by atoms with Crippen LogP contribution in [0.1, 0.15) is 6.92 Å². The lowest BCUT2D eigenvalue weighted by Crippen LogP contribution is -2.16. The van der Waals surface area contributed by atoms with Gasteiger partial charge < -0.3 is 9.67 Å². The first kappa shape index (κ1) is 12.3. The lowest BCUT2D eigenvalue weighted by atomic mass is 10.2. The van der Waals surface area contributed by atoms with E-state index in [0.29, 0.717) is 6.54 Å². The van der Waals surface area contributed by atoms with E-state index in [1.807, 2.05) is 48.5 Å². The number of aliphatic hydroxyl groups excluding tert-OH is 1. The van der Waals surface area contributed by atoms with Crippen LogP contribution in [-0.2, 0) is 6.54 Å². The summed E-state index contributed by atoms with van der Waals surface area (Å²) in [5.41, 5.74) is 3.75. The van der Waals surface area contributed by atoms with Crippen molar-refractivity contribution in [2.75, 3.05) is 0 Å². The van der Waals surface area contributed by atoms with Crippen LogP contribution in [0.5, 0.6) is 0 Å². The highest BCUT2D eigenvalue weighted by molar-refractivity contribution is 5.97. The van der Waals surface area contributed by atoms with Gasteiger partial charge in [-0.2, -0.15) is 0 Å². The van der Waals surface area contributed by atoms with Crippen molar-refractivity contribution < 1.29 is 5.11 Å². The summed E-state index contributed by atoms with van der Waals surface area (Å²) in [7, 11) is 0. The van der Waals surface area contributed by atoms with Crippen molar-refractivity contribution in [3.05, 3.63) is 48.5 Å². The summed E-state index contributed by atoms with van der Waals surface area (Å²) in [6.45, 7) is 2.29. The number of rotatable bonds is 2. The van der Waals surface area contributed by atoms with Crippen LogP contribution in [0.25, 0.3) is 33.5 Å². The fourth-order valence-electron chi connectivity index (χ4n) is 2.83. The molecule has 0 radical (unpaired) electrons. The molecule has 1 atom stereocenters. The van der Waals surface area contributed by atoms with Gasteiger partial charge in [0.1, 0.15) is 5.69 Å². The van der Waals surface area contributed by atoms with Crippen molar-refractivity contribution in [2.45, 2.75) is 19.6 Å². The Hall–Kier alpha value is -2.46. The topological polar surface area (TPSA) is 50.9 Å². The first-order valence-corrected chi connectivity index (χ1v) is 7.06. The summed E-state index contributed by atoms with van der Waals surface area (Å²) in [6, 6.07) is 16.0. The molecular formula is C17H15N3O. The van der Waals surface area contributed by atoms with Crippen molar-refractivity contribution >= 4 is 21.9 Å². The van der Waals surface area contributed by atoms with Gasteiger partial charge in [0.15, 0.2) is 5.82 Å². The molecule has 0 amide bonds. The van der Waals surface area contributed by atoms with Gasteiger partial charge in [0.25, 0.3) is 0 Å². The SMILES string of the molecule is CC(O)Cn1c2nc3ccccc3c-2nc2ccccc21. The van der Waals surface area contributed by atoms with Crippen LogP contribution in [-0.4, -0.2) is 25.7 Å². The number of aliphatic hydroxyl groups is 1. The van der Waals surface area contributed by atoms with E-state index in [4.69, 9.17) is 9.97 Å². The average Bonchev–Trinajstić information content (AvgIpc) is 2.85. The van der Waals surface area contributed by atoms with E-state index in [0.717, 1.165) is 33.5 Å². The number of hydrogen-bond acceptors (Lipinski definition) is 3. The summed E-state index contributed by atoms with van der Waals surface area (Å²) in [5, 5.41) is 10.9. The van der Waals surface area contributed by atoms with Gasteiger partial charge in [0.2, 0.25) is 0 Å². The Morgan fingerprint density at radius 2 is 1.71 bits per heavy atom. The van der Waals surface area contributed by atoms with Gasteiger partial charge in [-0.25, -0.2) is 9.97 Å². The molecule has 1 N–H and O–H groups in total. The Morgan fingerprint density at radius 1 is 1.00 bits per heavy atom. The van der Waals surface area contributed by atoms with Gasteiger partial charge >= 0.3 is 0 Å². The predicted molar refractivity (Wildman–Crippen MR) is 83.3 cm³/mol. The minimum absolute atomic E-state index is 0.441. The zero-order valence-corrected chi connectivity index (χ0v) is 11.7. The van der Waals surface area contributed by atoms with E-state index in [1.54, 1.807) is 6.92 Å². The molecule has 2 aliphatic rings. The Morgan fingerprint density at radius 3 is 2.52 bits per heavy atom. The molecule has 21 heavy (non-hydrogen) atoms. The normalized spacial score (nSPS) is 13.2. The van der Waals surface area contributed by atoms with Crippen molar-refractivity contribution in [3.63, 3.8) is 0 Å². The highest BCUT2D eigenvalue weighted by Crippen LogP contribution is 2.32. The van der Waals surface area contributed by atoms with E-state index in [-0.39, 0.29) is 0 Å². The van der Waals surface area contributed by atoms with E-state index in [9.17, 15) is 5.11 Å². The molecule has 2 aliphatic heterocycles. The standard InChI is InChI=1S/C17H15N3O/c1-11(21)10-20-15-9-5-4-8-14(15)18-16-12-6-2-3-7-13(12)19-17(16)20/h2-9,11,21H,10H2,1H3. The van der Waals surface area contributed by atoms with E-state index < -0.39 is 6.10 Å². The molecule has 4 rings (SSSR count). The van der Waals surface area contributed by atoms with Crippen LogP contribution in [0.3, 0.4) is 0 Å². The quantitative estimate of drug-likeness (QED) is 0.612. The first-order chi connectivity index (χ1) is 10.2. The molecule has 4 nitrogen and oxygen atoms in total. The number of aromatic nitrogens is 3. The summed E-state index contributed by atoms with van der Waals surface area (Å²) in [6.07, 6.45) is -0.441. The van der Waals surface area contributed by atoms with Crippen LogP contribution >= 0.6 is 0 Å².